The third kappa shape index (κ3) is 3.02. The van der Waals surface area contributed by atoms with Gasteiger partial charge in [0.1, 0.15) is 0 Å². The Labute approximate surface area is 115 Å². The highest BCUT2D eigenvalue weighted by atomic mass is 35.5. The molecule has 0 saturated heterocycles. The molecule has 0 aliphatic carbocycles. The number of thiophene rings is 1. The number of hydrogen-bond acceptors (Lipinski definition) is 2. The Morgan fingerprint density at radius 3 is 2.65 bits per heavy atom. The Morgan fingerprint density at radius 1 is 1.18 bits per heavy atom. The molecule has 0 bridgehead atoms. The van der Waals surface area contributed by atoms with Crippen molar-refractivity contribution in [2.75, 3.05) is 6.54 Å². The lowest BCUT2D eigenvalue weighted by Gasteiger charge is -2.16. The standard InChI is InChI=1S/C13H13Cl2NS/c14-12-5-1-4-11(13(12)15)9(8-16)7-10-3-2-6-17-10/h1-6,9H,7-8,16H2. The number of halogens is 2. The van der Waals surface area contributed by atoms with Crippen LogP contribution in [0.1, 0.15) is 16.4 Å². The van der Waals surface area contributed by atoms with E-state index in [4.69, 9.17) is 28.9 Å². The van der Waals surface area contributed by atoms with Crippen LogP contribution < -0.4 is 5.73 Å². The molecule has 0 aliphatic rings. The lowest BCUT2D eigenvalue weighted by molar-refractivity contribution is 0.701. The summed E-state index contributed by atoms with van der Waals surface area (Å²) < 4.78 is 0. The molecule has 1 aromatic heterocycles. The average Bonchev–Trinajstić information content (AvgIpc) is 2.83. The van der Waals surface area contributed by atoms with Crippen molar-refractivity contribution >= 4 is 34.5 Å². The normalized spacial score (nSPS) is 12.6. The van der Waals surface area contributed by atoms with E-state index in [0.717, 1.165) is 12.0 Å². The molecule has 2 N–H and O–H groups in total. The maximum atomic E-state index is 6.22. The summed E-state index contributed by atoms with van der Waals surface area (Å²) in [7, 11) is 0. The summed E-state index contributed by atoms with van der Waals surface area (Å²) in [6, 6.07) is 9.88. The van der Waals surface area contributed by atoms with Crippen LogP contribution in [0.5, 0.6) is 0 Å². The lowest BCUT2D eigenvalue weighted by atomic mass is 9.95. The molecule has 1 atom stereocenters. The minimum Gasteiger partial charge on any atom is -0.330 e. The first-order chi connectivity index (χ1) is 8.22. The first kappa shape index (κ1) is 12.9. The van der Waals surface area contributed by atoms with Gasteiger partial charge in [-0.3, -0.25) is 0 Å². The van der Waals surface area contributed by atoms with Gasteiger partial charge in [0.2, 0.25) is 0 Å². The molecule has 1 unspecified atom stereocenters. The number of nitrogens with two attached hydrogens (primary N) is 1. The van der Waals surface area contributed by atoms with Crippen LogP contribution in [0.25, 0.3) is 0 Å². The van der Waals surface area contributed by atoms with E-state index in [9.17, 15) is 0 Å². The summed E-state index contributed by atoms with van der Waals surface area (Å²) >= 11 is 14.0. The fraction of sp³-hybridized carbons (Fsp3) is 0.231. The lowest BCUT2D eigenvalue weighted by Crippen LogP contribution is -2.15. The highest BCUT2D eigenvalue weighted by Crippen LogP contribution is 2.32. The molecule has 0 aliphatic heterocycles. The van der Waals surface area contributed by atoms with E-state index in [-0.39, 0.29) is 5.92 Å². The van der Waals surface area contributed by atoms with E-state index in [1.165, 1.54) is 4.88 Å². The largest absolute Gasteiger partial charge is 0.330 e. The van der Waals surface area contributed by atoms with Gasteiger partial charge in [-0.1, -0.05) is 41.4 Å². The van der Waals surface area contributed by atoms with E-state index in [2.05, 4.69) is 11.4 Å². The van der Waals surface area contributed by atoms with Crippen LogP contribution in [0.2, 0.25) is 10.0 Å². The molecular weight excluding hydrogens is 273 g/mol. The fourth-order valence-electron chi connectivity index (χ4n) is 1.83. The van der Waals surface area contributed by atoms with Gasteiger partial charge in [0.25, 0.3) is 0 Å². The second kappa shape index (κ2) is 5.87. The van der Waals surface area contributed by atoms with Crippen molar-refractivity contribution < 1.29 is 0 Å². The highest BCUT2D eigenvalue weighted by Gasteiger charge is 2.15. The van der Waals surface area contributed by atoms with Gasteiger partial charge in [0.05, 0.1) is 10.0 Å². The van der Waals surface area contributed by atoms with Crippen molar-refractivity contribution in [2.24, 2.45) is 5.73 Å². The first-order valence-electron chi connectivity index (χ1n) is 5.38. The molecule has 4 heteroatoms. The second-order valence-corrected chi connectivity index (χ2v) is 5.68. The van der Waals surface area contributed by atoms with Crippen LogP contribution in [0.15, 0.2) is 35.7 Å². The Kier molecular flexibility index (Phi) is 4.46. The molecule has 0 amide bonds. The monoisotopic (exact) mass is 285 g/mol. The minimum atomic E-state index is 0.222. The maximum absolute atomic E-state index is 6.22. The maximum Gasteiger partial charge on any atom is 0.0627 e. The van der Waals surface area contributed by atoms with Gasteiger partial charge >= 0.3 is 0 Å². The van der Waals surface area contributed by atoms with Crippen LogP contribution in [0.3, 0.4) is 0 Å². The van der Waals surface area contributed by atoms with Crippen LogP contribution >= 0.6 is 34.5 Å². The molecule has 0 radical (unpaired) electrons. The highest BCUT2D eigenvalue weighted by molar-refractivity contribution is 7.09. The van der Waals surface area contributed by atoms with Gasteiger partial charge in [-0.15, -0.1) is 11.3 Å². The molecule has 0 spiro atoms. The van der Waals surface area contributed by atoms with E-state index in [1.807, 2.05) is 18.2 Å². The van der Waals surface area contributed by atoms with E-state index >= 15 is 0 Å². The predicted molar refractivity (Wildman–Crippen MR) is 76.3 cm³/mol. The van der Waals surface area contributed by atoms with Crippen LogP contribution in [0.4, 0.5) is 0 Å². The molecule has 1 heterocycles. The van der Waals surface area contributed by atoms with Crippen molar-refractivity contribution in [3.63, 3.8) is 0 Å². The van der Waals surface area contributed by atoms with Gasteiger partial charge in [0.15, 0.2) is 0 Å². The molecule has 17 heavy (non-hydrogen) atoms. The van der Waals surface area contributed by atoms with Gasteiger partial charge in [-0.05, 0) is 36.0 Å². The summed E-state index contributed by atoms with van der Waals surface area (Å²) in [5, 5.41) is 3.29. The summed E-state index contributed by atoms with van der Waals surface area (Å²) in [4.78, 5) is 1.32. The third-order valence-electron chi connectivity index (χ3n) is 2.73. The van der Waals surface area contributed by atoms with Crippen LogP contribution in [0, 0.1) is 0 Å². The average molecular weight is 286 g/mol. The molecule has 1 aromatic carbocycles. The van der Waals surface area contributed by atoms with Crippen LogP contribution in [-0.2, 0) is 6.42 Å². The summed E-state index contributed by atoms with van der Waals surface area (Å²) in [6.45, 7) is 0.567. The molecule has 0 fully saturated rings. The number of hydrogen-bond donors (Lipinski definition) is 1. The Balaban J connectivity index is 2.26. The van der Waals surface area contributed by atoms with E-state index < -0.39 is 0 Å². The summed E-state index contributed by atoms with van der Waals surface area (Å²) in [5.74, 6) is 0.222. The molecule has 2 aromatic rings. The Hall–Kier alpha value is -0.540. The fourth-order valence-corrected chi connectivity index (χ4v) is 3.08. The second-order valence-electron chi connectivity index (χ2n) is 3.86. The quantitative estimate of drug-likeness (QED) is 0.889. The van der Waals surface area contributed by atoms with Crippen molar-refractivity contribution in [3.05, 3.63) is 56.2 Å². The van der Waals surface area contributed by atoms with Gasteiger partial charge < -0.3 is 5.73 Å². The van der Waals surface area contributed by atoms with Crippen molar-refractivity contribution in [1.29, 1.82) is 0 Å². The zero-order valence-electron chi connectivity index (χ0n) is 9.20. The molecule has 1 nitrogen and oxygen atoms in total. The van der Waals surface area contributed by atoms with Crippen LogP contribution in [-0.4, -0.2) is 6.54 Å². The molecule has 0 saturated carbocycles. The number of benzene rings is 1. The Bertz CT molecular complexity index is 482. The molecule has 2 rings (SSSR count). The SMILES string of the molecule is NCC(Cc1cccs1)c1cccc(Cl)c1Cl. The molecule has 90 valence electrons. The topological polar surface area (TPSA) is 26.0 Å². The Morgan fingerprint density at radius 2 is 2.00 bits per heavy atom. The van der Waals surface area contributed by atoms with Gasteiger partial charge in [0, 0.05) is 10.8 Å². The van der Waals surface area contributed by atoms with Crippen molar-refractivity contribution in [1.82, 2.24) is 0 Å². The van der Waals surface area contributed by atoms with E-state index in [1.54, 1.807) is 17.4 Å². The van der Waals surface area contributed by atoms with Crippen molar-refractivity contribution in [2.45, 2.75) is 12.3 Å². The predicted octanol–water partition coefficient (Wildman–Crippen LogP) is 4.34. The zero-order chi connectivity index (χ0) is 12.3. The van der Waals surface area contributed by atoms with Gasteiger partial charge in [-0.2, -0.15) is 0 Å². The van der Waals surface area contributed by atoms with Gasteiger partial charge in [-0.25, -0.2) is 0 Å². The zero-order valence-corrected chi connectivity index (χ0v) is 11.5. The summed E-state index contributed by atoms with van der Waals surface area (Å²) in [6.07, 6.45) is 0.911. The number of rotatable bonds is 4. The van der Waals surface area contributed by atoms with Crippen molar-refractivity contribution in [3.8, 4) is 0 Å². The minimum absolute atomic E-state index is 0.222. The smallest absolute Gasteiger partial charge is 0.0627 e. The third-order valence-corrected chi connectivity index (χ3v) is 4.47. The van der Waals surface area contributed by atoms with E-state index in [0.29, 0.717) is 16.6 Å². The summed E-state index contributed by atoms with van der Waals surface area (Å²) in [5.41, 5.74) is 6.88. The first-order valence-corrected chi connectivity index (χ1v) is 7.02. The molecular formula is C13H13Cl2NS.